The molecule has 0 bridgehead atoms. The molecule has 0 aromatic heterocycles. The van der Waals surface area contributed by atoms with Crippen LogP contribution >= 0.6 is 11.6 Å². The minimum atomic E-state index is -0.182. The Hall–Kier alpha value is -1.55. The molecule has 0 aliphatic carbocycles. The van der Waals surface area contributed by atoms with E-state index < -0.39 is 0 Å². The van der Waals surface area contributed by atoms with Crippen LogP contribution in [-0.2, 0) is 4.79 Å². The van der Waals surface area contributed by atoms with Crippen LogP contribution in [0.4, 0.5) is 5.69 Å². The first-order valence-electron chi connectivity index (χ1n) is 6.40. The van der Waals surface area contributed by atoms with Gasteiger partial charge < -0.3 is 10.2 Å². The van der Waals surface area contributed by atoms with Crippen LogP contribution in [0, 0.1) is 0 Å². The number of amides is 1. The van der Waals surface area contributed by atoms with Gasteiger partial charge in [-0.25, -0.2) is 0 Å². The Balaban J connectivity index is 2.32. The number of anilines is 1. The van der Waals surface area contributed by atoms with Gasteiger partial charge in [-0.3, -0.25) is 9.59 Å². The maximum atomic E-state index is 11.9. The van der Waals surface area contributed by atoms with Crippen LogP contribution in [0.25, 0.3) is 0 Å². The Bertz CT molecular complexity index is 490. The monoisotopic (exact) mass is 280 g/mol. The van der Waals surface area contributed by atoms with E-state index in [0.29, 0.717) is 10.6 Å². The van der Waals surface area contributed by atoms with Crippen LogP contribution in [0.2, 0.25) is 5.02 Å². The van der Waals surface area contributed by atoms with Gasteiger partial charge in [-0.05, 0) is 37.5 Å². The molecule has 1 fully saturated rings. The predicted molar refractivity (Wildman–Crippen MR) is 75.9 cm³/mol. The summed E-state index contributed by atoms with van der Waals surface area (Å²) < 4.78 is 0. The summed E-state index contributed by atoms with van der Waals surface area (Å²) in [4.78, 5) is 24.7. The molecule has 1 heterocycles. The van der Waals surface area contributed by atoms with Crippen molar-refractivity contribution in [3.05, 3.63) is 28.8 Å². The van der Waals surface area contributed by atoms with E-state index in [9.17, 15) is 9.59 Å². The van der Waals surface area contributed by atoms with Gasteiger partial charge in [0.1, 0.15) is 12.3 Å². The lowest BCUT2D eigenvalue weighted by molar-refractivity contribution is -0.122. The number of nitrogens with one attached hydrogen (secondary N) is 1. The number of carbonyl (C=O) groups excluding carboxylic acids is 2. The first kappa shape index (κ1) is 13.9. The van der Waals surface area contributed by atoms with Crippen LogP contribution < -0.4 is 10.2 Å². The first-order valence-corrected chi connectivity index (χ1v) is 6.78. The molecule has 0 saturated carbocycles. The van der Waals surface area contributed by atoms with Crippen LogP contribution in [-0.4, -0.2) is 31.8 Å². The van der Waals surface area contributed by atoms with E-state index in [2.05, 4.69) is 5.32 Å². The highest BCUT2D eigenvalue weighted by molar-refractivity contribution is 6.33. The maximum Gasteiger partial charge on any atom is 0.242 e. The fourth-order valence-electron chi connectivity index (χ4n) is 2.49. The van der Waals surface area contributed by atoms with Crippen molar-refractivity contribution in [1.29, 1.82) is 0 Å². The minimum absolute atomic E-state index is 0.00947. The molecule has 5 heteroatoms. The van der Waals surface area contributed by atoms with E-state index in [1.165, 1.54) is 0 Å². The summed E-state index contributed by atoms with van der Waals surface area (Å²) in [5, 5.41) is 3.21. The summed E-state index contributed by atoms with van der Waals surface area (Å²) in [7, 11) is 1.65. The van der Waals surface area contributed by atoms with Gasteiger partial charge in [-0.1, -0.05) is 11.6 Å². The third-order valence-electron chi connectivity index (χ3n) is 3.47. The summed E-state index contributed by atoms with van der Waals surface area (Å²) in [6, 6.07) is 4.99. The zero-order chi connectivity index (χ0) is 13.8. The number of nitrogens with zero attached hydrogens (tertiary/aromatic N) is 1. The molecule has 1 amide bonds. The summed E-state index contributed by atoms with van der Waals surface area (Å²) in [6.45, 7) is 0.804. The molecule has 0 radical (unpaired) electrons. The van der Waals surface area contributed by atoms with Gasteiger partial charge in [0.05, 0.1) is 10.7 Å². The largest absolute Gasteiger partial charge is 0.358 e. The molecule has 0 spiro atoms. The highest BCUT2D eigenvalue weighted by Gasteiger charge is 2.29. The van der Waals surface area contributed by atoms with Gasteiger partial charge in [0.15, 0.2) is 0 Å². The number of aldehydes is 1. The highest BCUT2D eigenvalue weighted by atomic mass is 35.5. The van der Waals surface area contributed by atoms with Gasteiger partial charge in [-0.15, -0.1) is 0 Å². The molecule has 1 saturated heterocycles. The summed E-state index contributed by atoms with van der Waals surface area (Å²) in [5.41, 5.74) is 1.36. The number of hydrogen-bond acceptors (Lipinski definition) is 3. The molecular weight excluding hydrogens is 264 g/mol. The van der Waals surface area contributed by atoms with Gasteiger partial charge >= 0.3 is 0 Å². The summed E-state index contributed by atoms with van der Waals surface area (Å²) in [6.07, 6.45) is 3.67. The number of benzene rings is 1. The maximum absolute atomic E-state index is 11.9. The van der Waals surface area contributed by atoms with Crippen molar-refractivity contribution in [1.82, 2.24) is 5.32 Å². The molecular formula is C14H17ClN2O2. The van der Waals surface area contributed by atoms with Crippen molar-refractivity contribution in [2.24, 2.45) is 0 Å². The smallest absolute Gasteiger partial charge is 0.242 e. The van der Waals surface area contributed by atoms with E-state index in [-0.39, 0.29) is 11.9 Å². The summed E-state index contributed by atoms with van der Waals surface area (Å²) in [5.74, 6) is 0.00947. The quantitative estimate of drug-likeness (QED) is 0.864. The lowest BCUT2D eigenvalue weighted by atomic mass is 10.00. The average molecular weight is 281 g/mol. The normalized spacial score (nSPS) is 19.1. The molecule has 1 unspecified atom stereocenters. The average Bonchev–Trinajstić information content (AvgIpc) is 2.46. The molecule has 1 aromatic rings. The number of piperidine rings is 1. The molecule has 1 aromatic carbocycles. The van der Waals surface area contributed by atoms with Crippen LogP contribution in [0.1, 0.15) is 29.6 Å². The van der Waals surface area contributed by atoms with Gasteiger partial charge in [0.25, 0.3) is 0 Å². The van der Waals surface area contributed by atoms with Crippen molar-refractivity contribution in [2.45, 2.75) is 25.3 Å². The van der Waals surface area contributed by atoms with Crippen LogP contribution in [0.5, 0.6) is 0 Å². The van der Waals surface area contributed by atoms with Crippen molar-refractivity contribution >= 4 is 29.5 Å². The fourth-order valence-corrected chi connectivity index (χ4v) is 2.79. The zero-order valence-corrected chi connectivity index (χ0v) is 11.6. The number of likely N-dealkylation sites (N-methyl/N-ethyl adjacent to an activating group) is 1. The standard InChI is InChI=1S/C14H17ClN2O2/c1-16-14(19)13-4-2-3-7-17(13)12-6-5-10(9-18)8-11(12)15/h5-6,8-9,13H,2-4,7H2,1H3,(H,16,19). The van der Waals surface area contributed by atoms with E-state index >= 15 is 0 Å². The second kappa shape index (κ2) is 6.06. The predicted octanol–water partition coefficient (Wildman–Crippen LogP) is 2.26. The minimum Gasteiger partial charge on any atom is -0.358 e. The first-order chi connectivity index (χ1) is 9.17. The van der Waals surface area contributed by atoms with Crippen LogP contribution in [0.15, 0.2) is 18.2 Å². The van der Waals surface area contributed by atoms with E-state index in [4.69, 9.17) is 11.6 Å². The van der Waals surface area contributed by atoms with Crippen molar-refractivity contribution in [3.8, 4) is 0 Å². The Labute approximate surface area is 117 Å². The molecule has 102 valence electrons. The fraction of sp³-hybridized carbons (Fsp3) is 0.429. The van der Waals surface area contributed by atoms with Gasteiger partial charge in [0, 0.05) is 19.2 Å². The second-order valence-corrected chi connectivity index (χ2v) is 5.06. The SMILES string of the molecule is CNC(=O)C1CCCCN1c1ccc(C=O)cc1Cl. The topological polar surface area (TPSA) is 49.4 Å². The third kappa shape index (κ3) is 2.89. The van der Waals surface area contributed by atoms with Crippen molar-refractivity contribution in [2.75, 3.05) is 18.5 Å². The van der Waals surface area contributed by atoms with E-state index in [0.717, 1.165) is 37.8 Å². The molecule has 1 N–H and O–H groups in total. The third-order valence-corrected chi connectivity index (χ3v) is 3.77. The number of carbonyl (C=O) groups is 2. The van der Waals surface area contributed by atoms with Crippen LogP contribution in [0.3, 0.4) is 0 Å². The molecule has 1 aliphatic rings. The molecule has 19 heavy (non-hydrogen) atoms. The van der Waals surface area contributed by atoms with Crippen molar-refractivity contribution in [3.63, 3.8) is 0 Å². The lowest BCUT2D eigenvalue weighted by Gasteiger charge is -2.36. The molecule has 2 rings (SSSR count). The van der Waals surface area contributed by atoms with Gasteiger partial charge in [-0.2, -0.15) is 0 Å². The molecule has 1 atom stereocenters. The number of rotatable bonds is 3. The summed E-state index contributed by atoms with van der Waals surface area (Å²) >= 11 is 6.22. The number of halogens is 1. The Kier molecular flexibility index (Phi) is 4.43. The number of hydrogen-bond donors (Lipinski definition) is 1. The van der Waals surface area contributed by atoms with Crippen molar-refractivity contribution < 1.29 is 9.59 Å². The molecule has 4 nitrogen and oxygen atoms in total. The van der Waals surface area contributed by atoms with E-state index in [1.54, 1.807) is 19.2 Å². The molecule has 1 aliphatic heterocycles. The Morgan fingerprint density at radius 2 is 2.26 bits per heavy atom. The highest BCUT2D eigenvalue weighted by Crippen LogP contribution is 2.31. The zero-order valence-electron chi connectivity index (χ0n) is 10.9. The Morgan fingerprint density at radius 3 is 2.89 bits per heavy atom. The second-order valence-electron chi connectivity index (χ2n) is 4.65. The van der Waals surface area contributed by atoms with E-state index in [1.807, 2.05) is 11.0 Å². The Morgan fingerprint density at radius 1 is 1.47 bits per heavy atom. The lowest BCUT2D eigenvalue weighted by Crippen LogP contribution is -2.49. The van der Waals surface area contributed by atoms with Gasteiger partial charge in [0.2, 0.25) is 5.91 Å².